The first-order valence-electron chi connectivity index (χ1n) is 7.58. The molecule has 23 heavy (non-hydrogen) atoms. The van der Waals surface area contributed by atoms with Gasteiger partial charge in [-0.25, -0.2) is 0 Å². The Balaban J connectivity index is 2.30. The maximum atomic E-state index is 12.7. The third-order valence-corrected chi connectivity index (χ3v) is 3.94. The summed E-state index contributed by atoms with van der Waals surface area (Å²) >= 11 is 0. The van der Waals surface area contributed by atoms with Gasteiger partial charge in [0.15, 0.2) is 0 Å². The highest BCUT2D eigenvalue weighted by Gasteiger charge is 2.16. The summed E-state index contributed by atoms with van der Waals surface area (Å²) in [5, 5.41) is 10.5. The molecule has 0 saturated heterocycles. The largest absolute Gasteiger partial charge is 0.394 e. The summed E-state index contributed by atoms with van der Waals surface area (Å²) in [5.41, 5.74) is 2.76. The molecule has 0 aliphatic rings. The Bertz CT molecular complexity index is 869. The summed E-state index contributed by atoms with van der Waals surface area (Å²) in [6.07, 6.45) is 0. The molecule has 1 N–H and O–H groups in total. The number of aliphatic hydroxyl groups is 1. The molecule has 0 unspecified atom stereocenters. The van der Waals surface area contributed by atoms with Gasteiger partial charge in [0.05, 0.1) is 25.5 Å². The number of ether oxygens (including phenoxy) is 1. The normalized spacial score (nSPS) is 11.0. The number of aliphatic hydroxyl groups excluding tert-OH is 1. The lowest BCUT2D eigenvalue weighted by molar-refractivity contribution is 0.0821. The lowest BCUT2D eigenvalue weighted by Crippen LogP contribution is -2.21. The van der Waals surface area contributed by atoms with Crippen molar-refractivity contribution in [3.63, 3.8) is 0 Å². The Hall–Kier alpha value is -2.43. The van der Waals surface area contributed by atoms with Crippen molar-refractivity contribution < 1.29 is 9.84 Å². The summed E-state index contributed by atoms with van der Waals surface area (Å²) in [5.74, 6) is 0. The van der Waals surface area contributed by atoms with E-state index in [4.69, 9.17) is 9.84 Å². The first-order chi connectivity index (χ1) is 11.2. The molecule has 0 atom stereocenters. The SMILES string of the molecule is Cn1c(-c2ccccc2)c(COCCO)c2ccccc2c1=O. The van der Waals surface area contributed by atoms with Gasteiger partial charge in [-0.1, -0.05) is 48.5 Å². The molecule has 0 fully saturated rings. The second kappa shape index (κ2) is 6.77. The number of rotatable bonds is 5. The molecule has 3 rings (SSSR count). The van der Waals surface area contributed by atoms with Crippen LogP contribution in [-0.2, 0) is 18.4 Å². The van der Waals surface area contributed by atoms with E-state index >= 15 is 0 Å². The molecule has 2 aromatic carbocycles. The molecule has 1 aromatic heterocycles. The zero-order chi connectivity index (χ0) is 16.2. The van der Waals surface area contributed by atoms with Crippen LogP contribution < -0.4 is 5.56 Å². The first kappa shape index (κ1) is 15.5. The molecule has 3 aromatic rings. The van der Waals surface area contributed by atoms with Gasteiger partial charge in [-0.2, -0.15) is 0 Å². The van der Waals surface area contributed by atoms with Gasteiger partial charge in [0.2, 0.25) is 0 Å². The Labute approximate surface area is 134 Å². The number of hydrogen-bond donors (Lipinski definition) is 1. The van der Waals surface area contributed by atoms with Crippen LogP contribution in [0.2, 0.25) is 0 Å². The standard InChI is InChI=1S/C19H19NO3/c1-20-18(14-7-3-2-4-8-14)17(13-23-12-11-21)15-9-5-6-10-16(15)19(20)22/h2-10,21H,11-13H2,1H3. The molecule has 0 spiro atoms. The van der Waals surface area contributed by atoms with Crippen LogP contribution in [-0.4, -0.2) is 22.9 Å². The summed E-state index contributed by atoms with van der Waals surface area (Å²) in [6, 6.07) is 17.4. The number of fused-ring (bicyclic) bond motifs is 1. The summed E-state index contributed by atoms with van der Waals surface area (Å²) in [7, 11) is 1.78. The molecule has 0 aliphatic heterocycles. The molecule has 0 amide bonds. The predicted molar refractivity (Wildman–Crippen MR) is 91.4 cm³/mol. The van der Waals surface area contributed by atoms with Crippen LogP contribution in [0.15, 0.2) is 59.4 Å². The van der Waals surface area contributed by atoms with E-state index in [1.807, 2.05) is 54.6 Å². The molecule has 0 aliphatic carbocycles. The van der Waals surface area contributed by atoms with E-state index in [1.165, 1.54) is 0 Å². The number of benzene rings is 2. The highest BCUT2D eigenvalue weighted by Crippen LogP contribution is 2.28. The molecular weight excluding hydrogens is 290 g/mol. The Morgan fingerprint density at radius 2 is 1.65 bits per heavy atom. The van der Waals surface area contributed by atoms with Crippen molar-refractivity contribution in [3.8, 4) is 11.3 Å². The Morgan fingerprint density at radius 1 is 1.00 bits per heavy atom. The topological polar surface area (TPSA) is 51.5 Å². The smallest absolute Gasteiger partial charge is 0.258 e. The van der Waals surface area contributed by atoms with Gasteiger partial charge in [0.1, 0.15) is 0 Å². The van der Waals surface area contributed by atoms with Crippen LogP contribution >= 0.6 is 0 Å². The second-order valence-corrected chi connectivity index (χ2v) is 5.38. The van der Waals surface area contributed by atoms with Crippen molar-refractivity contribution in [3.05, 3.63) is 70.5 Å². The zero-order valence-corrected chi connectivity index (χ0v) is 13.0. The van der Waals surface area contributed by atoms with Crippen molar-refractivity contribution in [2.24, 2.45) is 7.05 Å². The van der Waals surface area contributed by atoms with Crippen LogP contribution in [0.4, 0.5) is 0 Å². The van der Waals surface area contributed by atoms with Crippen LogP contribution in [0, 0.1) is 0 Å². The first-order valence-corrected chi connectivity index (χ1v) is 7.58. The maximum absolute atomic E-state index is 12.7. The van der Waals surface area contributed by atoms with Crippen LogP contribution in [0.5, 0.6) is 0 Å². The van der Waals surface area contributed by atoms with Crippen molar-refractivity contribution >= 4 is 10.8 Å². The lowest BCUT2D eigenvalue weighted by atomic mass is 9.99. The summed E-state index contributed by atoms with van der Waals surface area (Å²) in [6.45, 7) is 0.592. The highest BCUT2D eigenvalue weighted by atomic mass is 16.5. The van der Waals surface area contributed by atoms with Gasteiger partial charge < -0.3 is 14.4 Å². The summed E-state index contributed by atoms with van der Waals surface area (Å²) < 4.78 is 7.24. The van der Waals surface area contributed by atoms with E-state index in [9.17, 15) is 4.79 Å². The third kappa shape index (κ3) is 2.91. The van der Waals surface area contributed by atoms with Crippen molar-refractivity contribution in [1.82, 2.24) is 4.57 Å². The minimum absolute atomic E-state index is 0.0228. The van der Waals surface area contributed by atoms with Crippen LogP contribution in [0.25, 0.3) is 22.0 Å². The monoisotopic (exact) mass is 309 g/mol. The van der Waals surface area contributed by atoms with Gasteiger partial charge in [-0.05, 0) is 17.0 Å². The Morgan fingerprint density at radius 3 is 2.35 bits per heavy atom. The fraction of sp³-hybridized carbons (Fsp3) is 0.211. The molecule has 4 nitrogen and oxygen atoms in total. The number of hydrogen-bond acceptors (Lipinski definition) is 3. The number of nitrogens with zero attached hydrogens (tertiary/aromatic N) is 1. The van der Waals surface area contributed by atoms with E-state index in [-0.39, 0.29) is 18.8 Å². The average molecular weight is 309 g/mol. The van der Waals surface area contributed by atoms with Crippen LogP contribution in [0.3, 0.4) is 0 Å². The van der Waals surface area contributed by atoms with Crippen molar-refractivity contribution in [1.29, 1.82) is 0 Å². The van der Waals surface area contributed by atoms with E-state index < -0.39 is 0 Å². The minimum atomic E-state index is -0.0234. The zero-order valence-electron chi connectivity index (χ0n) is 13.0. The van der Waals surface area contributed by atoms with Gasteiger partial charge in [-0.3, -0.25) is 4.79 Å². The average Bonchev–Trinajstić information content (AvgIpc) is 2.60. The second-order valence-electron chi connectivity index (χ2n) is 5.38. The molecule has 4 heteroatoms. The van der Waals surface area contributed by atoms with Gasteiger partial charge in [0, 0.05) is 18.0 Å². The summed E-state index contributed by atoms with van der Waals surface area (Å²) in [4.78, 5) is 12.7. The van der Waals surface area contributed by atoms with E-state index in [0.717, 1.165) is 22.2 Å². The van der Waals surface area contributed by atoms with E-state index in [0.29, 0.717) is 12.0 Å². The highest BCUT2D eigenvalue weighted by molar-refractivity contribution is 5.89. The molecular formula is C19H19NO3. The van der Waals surface area contributed by atoms with E-state index in [1.54, 1.807) is 11.6 Å². The Kier molecular flexibility index (Phi) is 4.55. The molecule has 0 radical (unpaired) electrons. The van der Waals surface area contributed by atoms with Crippen molar-refractivity contribution in [2.75, 3.05) is 13.2 Å². The molecule has 1 heterocycles. The van der Waals surface area contributed by atoms with Gasteiger partial charge >= 0.3 is 0 Å². The lowest BCUT2D eigenvalue weighted by Gasteiger charge is -2.17. The van der Waals surface area contributed by atoms with E-state index in [2.05, 4.69) is 0 Å². The van der Waals surface area contributed by atoms with Gasteiger partial charge in [0.25, 0.3) is 5.56 Å². The molecule has 0 bridgehead atoms. The van der Waals surface area contributed by atoms with Crippen LogP contribution in [0.1, 0.15) is 5.56 Å². The molecule has 0 saturated carbocycles. The molecule has 118 valence electrons. The fourth-order valence-corrected chi connectivity index (χ4v) is 2.89. The predicted octanol–water partition coefficient (Wildman–Crippen LogP) is 2.71. The quantitative estimate of drug-likeness (QED) is 0.737. The fourth-order valence-electron chi connectivity index (χ4n) is 2.89. The minimum Gasteiger partial charge on any atom is -0.394 e. The van der Waals surface area contributed by atoms with Gasteiger partial charge in [-0.15, -0.1) is 0 Å². The maximum Gasteiger partial charge on any atom is 0.258 e. The number of aromatic nitrogens is 1. The van der Waals surface area contributed by atoms with Crippen molar-refractivity contribution in [2.45, 2.75) is 6.61 Å². The third-order valence-electron chi connectivity index (χ3n) is 3.94. The number of pyridine rings is 1.